The molecule has 0 amide bonds. The third kappa shape index (κ3) is 4.45. The molecule has 0 aliphatic rings. The highest BCUT2D eigenvalue weighted by Crippen LogP contribution is 2.21. The third-order valence-corrected chi connectivity index (χ3v) is 3.28. The lowest BCUT2D eigenvalue weighted by Gasteiger charge is -2.04. The molecule has 108 valence electrons. The lowest BCUT2D eigenvalue weighted by atomic mass is 10.2. The Labute approximate surface area is 127 Å². The molecule has 1 heterocycles. The first-order valence-corrected chi connectivity index (χ1v) is 6.96. The number of hydrogen-bond donors (Lipinski definition) is 1. The van der Waals surface area contributed by atoms with E-state index in [9.17, 15) is 0 Å². The minimum atomic E-state index is 0.571. The summed E-state index contributed by atoms with van der Waals surface area (Å²) in [6, 6.07) is 5.43. The fourth-order valence-electron chi connectivity index (χ4n) is 1.69. The Morgan fingerprint density at radius 3 is 2.95 bits per heavy atom. The largest absolute Gasteiger partial charge is 0.383 e. The second kappa shape index (κ2) is 7.59. The molecule has 0 bridgehead atoms. The average Bonchev–Trinajstić information content (AvgIpc) is 2.86. The van der Waals surface area contributed by atoms with Gasteiger partial charge in [0.1, 0.15) is 6.33 Å². The number of benzene rings is 1. The van der Waals surface area contributed by atoms with Crippen LogP contribution in [0.3, 0.4) is 0 Å². The number of ether oxygens (including phenoxy) is 1. The lowest BCUT2D eigenvalue weighted by molar-refractivity contribution is 0.199. The Hall–Kier alpha value is -1.14. The number of rotatable bonds is 7. The Morgan fingerprint density at radius 2 is 2.20 bits per heavy atom. The van der Waals surface area contributed by atoms with Crippen LogP contribution in [0, 0.1) is 0 Å². The molecule has 7 heteroatoms. The summed E-state index contributed by atoms with van der Waals surface area (Å²) >= 11 is 12.0. The molecule has 20 heavy (non-hydrogen) atoms. The van der Waals surface area contributed by atoms with Crippen molar-refractivity contribution >= 4 is 23.2 Å². The fraction of sp³-hybridized carbons (Fsp3) is 0.385. The van der Waals surface area contributed by atoms with Gasteiger partial charge < -0.3 is 10.1 Å². The normalized spacial score (nSPS) is 10.9. The van der Waals surface area contributed by atoms with Crippen molar-refractivity contribution in [3.63, 3.8) is 0 Å². The van der Waals surface area contributed by atoms with Gasteiger partial charge >= 0.3 is 0 Å². The molecule has 0 spiro atoms. The van der Waals surface area contributed by atoms with E-state index >= 15 is 0 Å². The zero-order valence-corrected chi connectivity index (χ0v) is 12.7. The summed E-state index contributed by atoms with van der Waals surface area (Å²) in [5.41, 5.74) is 0.958. The SMILES string of the molecule is COCCNCc1ncn(Cc2ccc(Cl)cc2Cl)n1. The number of nitrogens with zero attached hydrogens (tertiary/aromatic N) is 3. The van der Waals surface area contributed by atoms with Crippen LogP contribution in [0.15, 0.2) is 24.5 Å². The third-order valence-electron chi connectivity index (χ3n) is 2.70. The van der Waals surface area contributed by atoms with Gasteiger partial charge in [-0.3, -0.25) is 0 Å². The summed E-state index contributed by atoms with van der Waals surface area (Å²) in [4.78, 5) is 4.24. The van der Waals surface area contributed by atoms with Crippen LogP contribution in [-0.4, -0.2) is 35.0 Å². The van der Waals surface area contributed by atoms with Gasteiger partial charge in [0.25, 0.3) is 0 Å². The van der Waals surface area contributed by atoms with E-state index in [1.807, 2.05) is 12.1 Å². The summed E-state index contributed by atoms with van der Waals surface area (Å²) in [6.07, 6.45) is 1.69. The van der Waals surface area contributed by atoms with E-state index in [2.05, 4.69) is 15.4 Å². The molecule has 2 aromatic rings. The molecule has 2 rings (SSSR count). The second-order valence-electron chi connectivity index (χ2n) is 4.26. The maximum atomic E-state index is 6.13. The van der Waals surface area contributed by atoms with Crippen molar-refractivity contribution in [3.05, 3.63) is 46.0 Å². The Balaban J connectivity index is 1.92. The molecule has 5 nitrogen and oxygen atoms in total. The van der Waals surface area contributed by atoms with E-state index in [4.69, 9.17) is 27.9 Å². The molecule has 1 aromatic carbocycles. The van der Waals surface area contributed by atoms with Gasteiger partial charge in [-0.2, -0.15) is 5.10 Å². The van der Waals surface area contributed by atoms with Gasteiger partial charge in [0, 0.05) is 23.7 Å². The molecule has 1 aromatic heterocycles. The van der Waals surface area contributed by atoms with Crippen LogP contribution in [-0.2, 0) is 17.8 Å². The van der Waals surface area contributed by atoms with E-state index in [1.165, 1.54) is 0 Å². The molecule has 0 fully saturated rings. The predicted molar refractivity (Wildman–Crippen MR) is 79.2 cm³/mol. The molecule has 0 saturated carbocycles. The molecule has 0 radical (unpaired) electrons. The van der Waals surface area contributed by atoms with Crippen LogP contribution in [0.4, 0.5) is 0 Å². The van der Waals surface area contributed by atoms with Gasteiger partial charge in [0.15, 0.2) is 5.82 Å². The maximum absolute atomic E-state index is 6.13. The molecule has 0 unspecified atom stereocenters. The highest BCUT2D eigenvalue weighted by molar-refractivity contribution is 6.35. The molecule has 1 N–H and O–H groups in total. The zero-order valence-electron chi connectivity index (χ0n) is 11.1. The first kappa shape index (κ1) is 15.3. The monoisotopic (exact) mass is 314 g/mol. The summed E-state index contributed by atoms with van der Waals surface area (Å²) in [6.45, 7) is 2.63. The molecule has 0 atom stereocenters. The van der Waals surface area contributed by atoms with E-state index in [1.54, 1.807) is 24.2 Å². The van der Waals surface area contributed by atoms with Crippen molar-refractivity contribution in [2.75, 3.05) is 20.3 Å². The molecule has 0 aliphatic heterocycles. The first-order chi connectivity index (χ1) is 9.69. The molecule has 0 aliphatic carbocycles. The van der Waals surface area contributed by atoms with Crippen LogP contribution in [0.5, 0.6) is 0 Å². The van der Waals surface area contributed by atoms with Gasteiger partial charge in [-0.05, 0) is 17.7 Å². The van der Waals surface area contributed by atoms with Crippen LogP contribution in [0.2, 0.25) is 10.0 Å². The minimum Gasteiger partial charge on any atom is -0.383 e. The maximum Gasteiger partial charge on any atom is 0.164 e. The summed E-state index contributed by atoms with van der Waals surface area (Å²) in [5.74, 6) is 0.742. The predicted octanol–water partition coefficient (Wildman–Crippen LogP) is 2.37. The van der Waals surface area contributed by atoms with Crippen molar-refractivity contribution in [1.29, 1.82) is 0 Å². The van der Waals surface area contributed by atoms with E-state index in [0.29, 0.717) is 29.7 Å². The van der Waals surface area contributed by atoms with Crippen molar-refractivity contribution in [2.24, 2.45) is 0 Å². The highest BCUT2D eigenvalue weighted by Gasteiger charge is 2.05. The minimum absolute atomic E-state index is 0.571. The standard InChI is InChI=1S/C13H16Cl2N4O/c1-20-5-4-16-7-13-17-9-19(18-13)8-10-2-3-11(14)6-12(10)15/h2-3,6,9,16H,4-5,7-8H2,1H3. The molecule has 0 saturated heterocycles. The van der Waals surface area contributed by atoms with Gasteiger partial charge in [-0.15, -0.1) is 0 Å². The van der Waals surface area contributed by atoms with Crippen molar-refractivity contribution < 1.29 is 4.74 Å². The number of hydrogen-bond acceptors (Lipinski definition) is 4. The van der Waals surface area contributed by atoms with Gasteiger partial charge in [0.2, 0.25) is 0 Å². The van der Waals surface area contributed by atoms with Crippen molar-refractivity contribution in [2.45, 2.75) is 13.1 Å². The van der Waals surface area contributed by atoms with Crippen LogP contribution in [0.1, 0.15) is 11.4 Å². The quantitative estimate of drug-likeness (QED) is 0.797. The van der Waals surface area contributed by atoms with E-state index in [-0.39, 0.29) is 0 Å². The van der Waals surface area contributed by atoms with Crippen LogP contribution in [0.25, 0.3) is 0 Å². The Bertz CT molecular complexity index is 559. The van der Waals surface area contributed by atoms with Crippen molar-refractivity contribution in [1.82, 2.24) is 20.1 Å². The Kier molecular flexibility index (Phi) is 5.79. The second-order valence-corrected chi connectivity index (χ2v) is 5.11. The van der Waals surface area contributed by atoms with Crippen molar-refractivity contribution in [3.8, 4) is 0 Å². The van der Waals surface area contributed by atoms with Gasteiger partial charge in [-0.25, -0.2) is 9.67 Å². The van der Waals surface area contributed by atoms with E-state index < -0.39 is 0 Å². The van der Waals surface area contributed by atoms with Crippen LogP contribution >= 0.6 is 23.2 Å². The number of halogens is 2. The summed E-state index contributed by atoms with van der Waals surface area (Å²) < 4.78 is 6.71. The molecular weight excluding hydrogens is 299 g/mol. The average molecular weight is 315 g/mol. The Morgan fingerprint density at radius 1 is 1.35 bits per heavy atom. The summed E-state index contributed by atoms with van der Waals surface area (Å²) in [5, 5.41) is 8.83. The number of aromatic nitrogens is 3. The smallest absolute Gasteiger partial charge is 0.164 e. The van der Waals surface area contributed by atoms with Gasteiger partial charge in [0.05, 0.1) is 19.7 Å². The first-order valence-electron chi connectivity index (χ1n) is 6.21. The summed E-state index contributed by atoms with van der Waals surface area (Å²) in [7, 11) is 1.67. The van der Waals surface area contributed by atoms with Gasteiger partial charge in [-0.1, -0.05) is 29.3 Å². The topological polar surface area (TPSA) is 52.0 Å². The fourth-order valence-corrected chi connectivity index (χ4v) is 2.16. The molecular formula is C13H16Cl2N4O. The van der Waals surface area contributed by atoms with Crippen LogP contribution < -0.4 is 5.32 Å². The zero-order chi connectivity index (χ0) is 14.4. The van der Waals surface area contributed by atoms with E-state index in [0.717, 1.165) is 17.9 Å². The lowest BCUT2D eigenvalue weighted by Crippen LogP contribution is -2.19. The number of nitrogens with one attached hydrogen (secondary N) is 1. The highest BCUT2D eigenvalue weighted by atomic mass is 35.5. The number of methoxy groups -OCH3 is 1.